The van der Waals surface area contributed by atoms with Crippen molar-refractivity contribution in [3.8, 4) is 17.0 Å². The van der Waals surface area contributed by atoms with E-state index < -0.39 is 5.97 Å². The molecule has 6 heteroatoms. The second-order valence-corrected chi connectivity index (χ2v) is 4.04. The van der Waals surface area contributed by atoms with Gasteiger partial charge < -0.3 is 14.4 Å². The summed E-state index contributed by atoms with van der Waals surface area (Å²) in [6.45, 7) is 1.86. The number of hydrogen-bond donors (Lipinski definition) is 1. The highest BCUT2D eigenvalue weighted by Crippen LogP contribution is 2.37. The highest BCUT2D eigenvalue weighted by atomic mass is 35.5. The molecule has 0 spiro atoms. The Morgan fingerprint density at radius 3 is 2.78 bits per heavy atom. The second kappa shape index (κ2) is 4.70. The van der Waals surface area contributed by atoms with Gasteiger partial charge in [0.1, 0.15) is 11.4 Å². The van der Waals surface area contributed by atoms with Crippen LogP contribution in [0.3, 0.4) is 0 Å². The highest BCUT2D eigenvalue weighted by molar-refractivity contribution is 6.34. The summed E-state index contributed by atoms with van der Waals surface area (Å²) in [5.41, 5.74) is 1.80. The van der Waals surface area contributed by atoms with Crippen LogP contribution in [-0.4, -0.2) is 23.3 Å². The van der Waals surface area contributed by atoms with Gasteiger partial charge in [-0.3, -0.25) is 0 Å². The molecule has 0 aliphatic heterocycles. The first-order valence-electron chi connectivity index (χ1n) is 5.08. The van der Waals surface area contributed by atoms with Crippen molar-refractivity contribution in [2.45, 2.75) is 6.92 Å². The number of aromatic nitrogens is 1. The molecule has 1 aromatic carbocycles. The minimum atomic E-state index is -1.18. The second-order valence-electron chi connectivity index (χ2n) is 3.66. The Morgan fingerprint density at radius 2 is 2.22 bits per heavy atom. The fourth-order valence-electron chi connectivity index (χ4n) is 1.60. The van der Waals surface area contributed by atoms with E-state index in [2.05, 4.69) is 5.16 Å². The minimum absolute atomic E-state index is 0.236. The van der Waals surface area contributed by atoms with E-state index in [1.165, 1.54) is 13.2 Å². The van der Waals surface area contributed by atoms with Crippen molar-refractivity contribution in [3.05, 3.63) is 34.5 Å². The molecule has 1 aromatic heterocycles. The number of carboxylic acid groups (broad SMARTS) is 1. The van der Waals surface area contributed by atoms with Gasteiger partial charge in [-0.2, -0.15) is 0 Å². The standard InChI is InChI=1S/C12H10ClNO4/c1-6-3-4-7(10(13)11(6)17-2)8-5-9(12(15)16)18-14-8/h3-5H,1-2H3,(H,15,16). The number of methoxy groups -OCH3 is 1. The number of aryl methyl sites for hydroxylation is 1. The van der Waals surface area contributed by atoms with Gasteiger partial charge in [0.2, 0.25) is 5.76 Å². The van der Waals surface area contributed by atoms with Crippen LogP contribution in [0.4, 0.5) is 0 Å². The average Bonchev–Trinajstić information content (AvgIpc) is 2.79. The van der Waals surface area contributed by atoms with E-state index in [9.17, 15) is 4.79 Å². The molecule has 0 radical (unpaired) electrons. The molecular weight excluding hydrogens is 258 g/mol. The van der Waals surface area contributed by atoms with E-state index in [0.29, 0.717) is 22.0 Å². The molecule has 0 saturated heterocycles. The van der Waals surface area contributed by atoms with Crippen LogP contribution < -0.4 is 4.74 Å². The Bertz CT molecular complexity index is 606. The predicted octanol–water partition coefficient (Wildman–Crippen LogP) is 3.01. The molecule has 0 bridgehead atoms. The van der Waals surface area contributed by atoms with Crippen molar-refractivity contribution in [2.75, 3.05) is 7.11 Å². The SMILES string of the molecule is COc1c(C)ccc(-c2cc(C(=O)O)on2)c1Cl. The van der Waals surface area contributed by atoms with Crippen LogP contribution in [0.2, 0.25) is 5.02 Å². The molecule has 0 fully saturated rings. The lowest BCUT2D eigenvalue weighted by molar-refractivity contribution is 0.0652. The Kier molecular flexibility index (Phi) is 3.25. The van der Waals surface area contributed by atoms with Gasteiger partial charge in [0, 0.05) is 11.6 Å². The maximum absolute atomic E-state index is 10.7. The van der Waals surface area contributed by atoms with E-state index in [1.54, 1.807) is 6.07 Å². The number of aromatic carboxylic acids is 1. The Balaban J connectivity index is 2.53. The molecule has 0 aliphatic carbocycles. The molecule has 0 amide bonds. The molecule has 1 heterocycles. The number of nitrogens with zero attached hydrogens (tertiary/aromatic N) is 1. The fourth-order valence-corrected chi connectivity index (χ4v) is 1.99. The molecule has 0 unspecified atom stereocenters. The van der Waals surface area contributed by atoms with Crippen molar-refractivity contribution in [3.63, 3.8) is 0 Å². The van der Waals surface area contributed by atoms with Gasteiger partial charge in [-0.15, -0.1) is 0 Å². The summed E-state index contributed by atoms with van der Waals surface area (Å²) in [4.78, 5) is 10.7. The van der Waals surface area contributed by atoms with Gasteiger partial charge in [0.25, 0.3) is 0 Å². The first kappa shape index (κ1) is 12.4. The summed E-state index contributed by atoms with van der Waals surface area (Å²) in [7, 11) is 1.52. The molecule has 1 N–H and O–H groups in total. The molecule has 5 nitrogen and oxygen atoms in total. The topological polar surface area (TPSA) is 72.6 Å². The van der Waals surface area contributed by atoms with Crippen LogP contribution in [0.5, 0.6) is 5.75 Å². The van der Waals surface area contributed by atoms with Gasteiger partial charge in [0.15, 0.2) is 0 Å². The molecule has 94 valence electrons. The van der Waals surface area contributed by atoms with Gasteiger partial charge in [-0.25, -0.2) is 4.79 Å². The number of carbonyl (C=O) groups is 1. The van der Waals surface area contributed by atoms with Crippen molar-refractivity contribution >= 4 is 17.6 Å². The van der Waals surface area contributed by atoms with Crippen molar-refractivity contribution in [1.82, 2.24) is 5.16 Å². The summed E-state index contributed by atoms with van der Waals surface area (Å²) in [5.74, 6) is -0.876. The summed E-state index contributed by atoms with van der Waals surface area (Å²) in [5, 5.41) is 12.8. The first-order chi connectivity index (χ1) is 8.54. The minimum Gasteiger partial charge on any atom is -0.495 e. The van der Waals surface area contributed by atoms with Crippen LogP contribution >= 0.6 is 11.6 Å². The highest BCUT2D eigenvalue weighted by Gasteiger charge is 2.17. The van der Waals surface area contributed by atoms with Crippen LogP contribution in [0.15, 0.2) is 22.7 Å². The summed E-state index contributed by atoms with van der Waals surface area (Å²) in [6.07, 6.45) is 0. The molecule has 0 saturated carbocycles. The van der Waals surface area contributed by atoms with Crippen LogP contribution in [0, 0.1) is 6.92 Å². The largest absolute Gasteiger partial charge is 0.495 e. The van der Waals surface area contributed by atoms with Gasteiger partial charge in [-0.05, 0) is 12.5 Å². The predicted molar refractivity (Wildman–Crippen MR) is 65.2 cm³/mol. The zero-order valence-corrected chi connectivity index (χ0v) is 10.5. The van der Waals surface area contributed by atoms with Gasteiger partial charge in [-0.1, -0.05) is 28.9 Å². The molecule has 0 atom stereocenters. The number of rotatable bonds is 3. The monoisotopic (exact) mass is 267 g/mol. The number of hydrogen-bond acceptors (Lipinski definition) is 4. The summed E-state index contributed by atoms with van der Waals surface area (Å²) >= 11 is 6.18. The molecule has 2 rings (SSSR count). The third-order valence-corrected chi connectivity index (χ3v) is 2.87. The molecular formula is C12H10ClNO4. The normalized spacial score (nSPS) is 10.4. The number of benzene rings is 1. The van der Waals surface area contributed by atoms with E-state index in [0.717, 1.165) is 5.56 Å². The lowest BCUT2D eigenvalue weighted by Gasteiger charge is -2.09. The Hall–Kier alpha value is -2.01. The van der Waals surface area contributed by atoms with Crippen molar-refractivity contribution < 1.29 is 19.2 Å². The Morgan fingerprint density at radius 1 is 1.50 bits per heavy atom. The lowest BCUT2D eigenvalue weighted by Crippen LogP contribution is -1.92. The average molecular weight is 268 g/mol. The number of halogens is 1. The van der Waals surface area contributed by atoms with E-state index in [1.807, 2.05) is 13.0 Å². The van der Waals surface area contributed by atoms with E-state index >= 15 is 0 Å². The lowest BCUT2D eigenvalue weighted by atomic mass is 10.1. The Labute approximate surface area is 108 Å². The quantitative estimate of drug-likeness (QED) is 0.925. The van der Waals surface area contributed by atoms with Crippen LogP contribution in [-0.2, 0) is 0 Å². The maximum Gasteiger partial charge on any atom is 0.374 e. The molecule has 0 aliphatic rings. The third-order valence-electron chi connectivity index (χ3n) is 2.49. The van der Waals surface area contributed by atoms with E-state index in [-0.39, 0.29) is 5.76 Å². The van der Waals surface area contributed by atoms with Gasteiger partial charge >= 0.3 is 5.97 Å². The van der Waals surface area contributed by atoms with Crippen LogP contribution in [0.25, 0.3) is 11.3 Å². The van der Waals surface area contributed by atoms with Crippen molar-refractivity contribution in [2.24, 2.45) is 0 Å². The fraction of sp³-hybridized carbons (Fsp3) is 0.167. The third kappa shape index (κ3) is 2.04. The maximum atomic E-state index is 10.7. The van der Waals surface area contributed by atoms with Crippen molar-refractivity contribution in [1.29, 1.82) is 0 Å². The van der Waals surface area contributed by atoms with E-state index in [4.69, 9.17) is 26.0 Å². The molecule has 2 aromatic rings. The molecule has 18 heavy (non-hydrogen) atoms. The smallest absolute Gasteiger partial charge is 0.374 e. The zero-order valence-electron chi connectivity index (χ0n) is 9.73. The first-order valence-corrected chi connectivity index (χ1v) is 5.46. The van der Waals surface area contributed by atoms with Gasteiger partial charge in [0.05, 0.1) is 12.1 Å². The summed E-state index contributed by atoms with van der Waals surface area (Å²) < 4.78 is 9.88. The van der Waals surface area contributed by atoms with Crippen LogP contribution in [0.1, 0.15) is 16.1 Å². The summed E-state index contributed by atoms with van der Waals surface area (Å²) in [6, 6.07) is 4.87. The zero-order chi connectivity index (χ0) is 13.3. The number of ether oxygens (including phenoxy) is 1. The number of carboxylic acids is 1.